The van der Waals surface area contributed by atoms with E-state index in [9.17, 15) is 19.2 Å². The van der Waals surface area contributed by atoms with Crippen molar-refractivity contribution in [2.75, 3.05) is 57.2 Å². The normalized spacial score (nSPS) is 13.7. The third-order valence-corrected chi connectivity index (χ3v) is 6.08. The van der Waals surface area contributed by atoms with Crippen LogP contribution in [0.5, 0.6) is 0 Å². The van der Waals surface area contributed by atoms with Crippen LogP contribution in [0.3, 0.4) is 0 Å². The van der Waals surface area contributed by atoms with Crippen molar-refractivity contribution in [3.8, 4) is 0 Å². The zero-order chi connectivity index (χ0) is 27.5. The van der Waals surface area contributed by atoms with Crippen LogP contribution in [-0.4, -0.2) is 92.9 Å². The Morgan fingerprint density at radius 2 is 1.14 bits per heavy atom. The molecule has 0 aliphatic rings. The Morgan fingerprint density at radius 3 is 1.61 bits per heavy atom. The Hall–Kier alpha value is -1.51. The van der Waals surface area contributed by atoms with E-state index in [1.165, 1.54) is 0 Å². The highest BCUT2D eigenvalue weighted by molar-refractivity contribution is 14.1. The standard InChI is InChI=1S/C24H45IN4O7/c1-16(2)18(5)22(31)28-19(6)23(32)29-21(17(3)4)24(33)27-8-10-35-12-14-36-13-11-34-9-7-26-20(30)15-25/h16-19,21H,7-15H2,1-6H3,(H,26,30)(H,27,33)(H,28,31)(H,29,32)/t18?,19-,21-/m1/s1. The predicted molar refractivity (Wildman–Crippen MR) is 146 cm³/mol. The first-order chi connectivity index (χ1) is 17.0. The summed E-state index contributed by atoms with van der Waals surface area (Å²) in [4.78, 5) is 48.4. The van der Waals surface area contributed by atoms with E-state index in [1.807, 2.05) is 57.2 Å². The van der Waals surface area contributed by atoms with Crippen molar-refractivity contribution in [2.24, 2.45) is 17.8 Å². The molecule has 36 heavy (non-hydrogen) atoms. The van der Waals surface area contributed by atoms with Crippen LogP contribution in [0.25, 0.3) is 0 Å². The molecule has 0 aromatic rings. The summed E-state index contributed by atoms with van der Waals surface area (Å²) in [7, 11) is 0. The van der Waals surface area contributed by atoms with Gasteiger partial charge in [0.2, 0.25) is 23.6 Å². The number of halogens is 1. The predicted octanol–water partition coefficient (Wildman–Crippen LogP) is 0.641. The SMILES string of the molecule is CC(C)C(C)C(=O)N[C@H](C)C(=O)N[C@@H](C(=O)NCCOCCOCCOCCNC(=O)CI)C(C)C. The summed E-state index contributed by atoms with van der Waals surface area (Å²) in [6, 6.07) is -1.47. The lowest BCUT2D eigenvalue weighted by atomic mass is 9.97. The number of hydrogen-bond donors (Lipinski definition) is 4. The summed E-state index contributed by atoms with van der Waals surface area (Å²) in [5, 5.41) is 10.9. The number of carbonyl (C=O) groups excluding carboxylic acids is 4. The zero-order valence-corrected chi connectivity index (χ0v) is 24.6. The first-order valence-corrected chi connectivity index (χ1v) is 14.0. The molecule has 0 aromatic carbocycles. The lowest BCUT2D eigenvalue weighted by Gasteiger charge is -2.25. The Labute approximate surface area is 229 Å². The molecule has 4 N–H and O–H groups in total. The number of amides is 4. The summed E-state index contributed by atoms with van der Waals surface area (Å²) in [5.41, 5.74) is 0. The van der Waals surface area contributed by atoms with Crippen LogP contribution in [0.1, 0.15) is 41.5 Å². The van der Waals surface area contributed by atoms with Crippen LogP contribution in [0, 0.1) is 17.8 Å². The van der Waals surface area contributed by atoms with Crippen LogP contribution >= 0.6 is 22.6 Å². The van der Waals surface area contributed by atoms with Gasteiger partial charge in [-0.15, -0.1) is 0 Å². The lowest BCUT2D eigenvalue weighted by Crippen LogP contribution is -2.55. The largest absolute Gasteiger partial charge is 0.377 e. The van der Waals surface area contributed by atoms with E-state index in [0.717, 1.165) is 0 Å². The van der Waals surface area contributed by atoms with Gasteiger partial charge in [0.15, 0.2) is 0 Å². The number of ether oxygens (including phenoxy) is 3. The maximum atomic E-state index is 12.6. The molecule has 0 radical (unpaired) electrons. The van der Waals surface area contributed by atoms with Gasteiger partial charge in [-0.1, -0.05) is 57.2 Å². The number of carbonyl (C=O) groups is 4. The number of alkyl halides is 1. The van der Waals surface area contributed by atoms with E-state index in [-0.39, 0.29) is 35.5 Å². The molecule has 11 nitrogen and oxygen atoms in total. The molecule has 3 atom stereocenters. The molecule has 210 valence electrons. The second kappa shape index (κ2) is 20.5. The topological polar surface area (TPSA) is 144 Å². The molecule has 0 bridgehead atoms. The highest BCUT2D eigenvalue weighted by Gasteiger charge is 2.27. The van der Waals surface area contributed by atoms with E-state index >= 15 is 0 Å². The first-order valence-electron chi connectivity index (χ1n) is 12.5. The van der Waals surface area contributed by atoms with Crippen molar-refractivity contribution in [3.05, 3.63) is 0 Å². The van der Waals surface area contributed by atoms with Crippen LogP contribution in [-0.2, 0) is 33.4 Å². The highest BCUT2D eigenvalue weighted by Crippen LogP contribution is 2.10. The molecule has 0 aliphatic carbocycles. The summed E-state index contributed by atoms with van der Waals surface area (Å²) >= 11 is 2.00. The van der Waals surface area contributed by atoms with Gasteiger partial charge in [0.25, 0.3) is 0 Å². The van der Waals surface area contributed by atoms with Gasteiger partial charge in [-0.05, 0) is 18.8 Å². The number of rotatable bonds is 20. The minimum Gasteiger partial charge on any atom is -0.377 e. The van der Waals surface area contributed by atoms with Gasteiger partial charge in [-0.2, -0.15) is 0 Å². The van der Waals surface area contributed by atoms with Gasteiger partial charge in [0, 0.05) is 19.0 Å². The Bertz CT molecular complexity index is 664. The zero-order valence-electron chi connectivity index (χ0n) is 22.5. The Morgan fingerprint density at radius 1 is 0.639 bits per heavy atom. The third kappa shape index (κ3) is 16.3. The summed E-state index contributed by atoms with van der Waals surface area (Å²) < 4.78 is 16.6. The molecular formula is C24H45IN4O7. The van der Waals surface area contributed by atoms with Crippen molar-refractivity contribution < 1.29 is 33.4 Å². The monoisotopic (exact) mass is 628 g/mol. The maximum absolute atomic E-state index is 12.6. The molecule has 0 saturated heterocycles. The molecular weight excluding hydrogens is 583 g/mol. The summed E-state index contributed by atoms with van der Waals surface area (Å²) in [5.74, 6) is -1.10. The van der Waals surface area contributed by atoms with Crippen molar-refractivity contribution >= 4 is 46.2 Å². The molecule has 0 aromatic heterocycles. The van der Waals surface area contributed by atoms with Crippen molar-refractivity contribution in [1.82, 2.24) is 21.3 Å². The van der Waals surface area contributed by atoms with E-state index in [4.69, 9.17) is 14.2 Å². The number of hydrogen-bond acceptors (Lipinski definition) is 7. The molecule has 1 unspecified atom stereocenters. The molecule has 0 heterocycles. The van der Waals surface area contributed by atoms with Crippen molar-refractivity contribution in [3.63, 3.8) is 0 Å². The lowest BCUT2D eigenvalue weighted by molar-refractivity contribution is -0.133. The van der Waals surface area contributed by atoms with E-state index in [2.05, 4.69) is 21.3 Å². The van der Waals surface area contributed by atoms with Gasteiger partial charge in [0.1, 0.15) is 12.1 Å². The second-order valence-corrected chi connectivity index (χ2v) is 9.87. The Kier molecular flexibility index (Phi) is 19.7. The summed E-state index contributed by atoms with van der Waals surface area (Å²) in [6.45, 7) is 14.1. The van der Waals surface area contributed by atoms with Gasteiger partial charge < -0.3 is 35.5 Å². The molecule has 4 amide bonds. The smallest absolute Gasteiger partial charge is 0.242 e. The fourth-order valence-electron chi connectivity index (χ4n) is 2.73. The highest BCUT2D eigenvalue weighted by atomic mass is 127. The van der Waals surface area contributed by atoms with Crippen LogP contribution in [0.4, 0.5) is 0 Å². The quantitative estimate of drug-likeness (QED) is 0.0881. The minimum atomic E-state index is -0.747. The number of nitrogens with one attached hydrogen (secondary N) is 4. The van der Waals surface area contributed by atoms with Gasteiger partial charge in [0.05, 0.1) is 44.1 Å². The Balaban J connectivity index is 4.04. The van der Waals surface area contributed by atoms with Gasteiger partial charge in [-0.3, -0.25) is 19.2 Å². The van der Waals surface area contributed by atoms with Gasteiger partial charge >= 0.3 is 0 Å². The second-order valence-electron chi connectivity index (χ2n) is 9.10. The van der Waals surface area contributed by atoms with E-state index in [0.29, 0.717) is 57.2 Å². The molecule has 12 heteroatoms. The van der Waals surface area contributed by atoms with E-state index in [1.54, 1.807) is 6.92 Å². The fraction of sp³-hybridized carbons (Fsp3) is 0.833. The average molecular weight is 629 g/mol. The summed E-state index contributed by atoms with van der Waals surface area (Å²) in [6.07, 6.45) is 0. The maximum Gasteiger partial charge on any atom is 0.242 e. The molecule has 0 aliphatic heterocycles. The van der Waals surface area contributed by atoms with Crippen LogP contribution in [0.2, 0.25) is 0 Å². The van der Waals surface area contributed by atoms with Crippen molar-refractivity contribution in [2.45, 2.75) is 53.6 Å². The fourth-order valence-corrected chi connectivity index (χ4v) is 3.00. The molecule has 0 fully saturated rings. The molecule has 0 rings (SSSR count). The third-order valence-electron chi connectivity index (χ3n) is 5.39. The molecule has 0 spiro atoms. The van der Waals surface area contributed by atoms with E-state index < -0.39 is 18.0 Å². The van der Waals surface area contributed by atoms with Crippen LogP contribution in [0.15, 0.2) is 0 Å². The average Bonchev–Trinajstić information content (AvgIpc) is 2.83. The van der Waals surface area contributed by atoms with Crippen molar-refractivity contribution in [1.29, 1.82) is 0 Å². The molecule has 0 saturated carbocycles. The van der Waals surface area contributed by atoms with Crippen LogP contribution < -0.4 is 21.3 Å². The first kappa shape index (κ1) is 34.5. The minimum absolute atomic E-state index is 0.0138. The van der Waals surface area contributed by atoms with Gasteiger partial charge in [-0.25, -0.2) is 0 Å².